The van der Waals surface area contributed by atoms with E-state index >= 15 is 0 Å². The first kappa shape index (κ1) is 23.4. The maximum atomic E-state index is 13.0. The molecule has 1 saturated carbocycles. The lowest BCUT2D eigenvalue weighted by atomic mass is 9.84. The predicted molar refractivity (Wildman–Crippen MR) is 119 cm³/mol. The normalized spacial score (nSPS) is 27.2. The van der Waals surface area contributed by atoms with E-state index in [0.717, 1.165) is 24.5 Å². The van der Waals surface area contributed by atoms with Crippen LogP contribution in [0.1, 0.15) is 69.2 Å². The van der Waals surface area contributed by atoms with Crippen LogP contribution in [-0.4, -0.2) is 50.1 Å². The fourth-order valence-electron chi connectivity index (χ4n) is 4.79. The first-order chi connectivity index (χ1) is 14.2. The second-order valence-electron chi connectivity index (χ2n) is 9.07. The molecule has 2 atom stereocenters. The minimum Gasteiger partial charge on any atom is -0.376 e. The van der Waals surface area contributed by atoms with Crippen molar-refractivity contribution in [3.63, 3.8) is 0 Å². The van der Waals surface area contributed by atoms with Gasteiger partial charge in [-0.2, -0.15) is 17.4 Å². The molecule has 0 spiro atoms. The van der Waals surface area contributed by atoms with Crippen LogP contribution in [0.4, 0.5) is 0 Å². The van der Waals surface area contributed by atoms with Gasteiger partial charge in [-0.1, -0.05) is 25.8 Å². The Balaban J connectivity index is 1.78. The summed E-state index contributed by atoms with van der Waals surface area (Å²) in [6.07, 6.45) is 8.47. The van der Waals surface area contributed by atoms with Crippen LogP contribution in [0, 0.1) is 12.8 Å². The number of pyridine rings is 1. The number of nitrogens with one attached hydrogen (secondary N) is 1. The molecule has 30 heavy (non-hydrogen) atoms. The van der Waals surface area contributed by atoms with Gasteiger partial charge in [-0.05, 0) is 57.4 Å². The smallest absolute Gasteiger partial charge is 0.279 e. The maximum absolute atomic E-state index is 13.0. The molecule has 2 unspecified atom stereocenters. The van der Waals surface area contributed by atoms with Gasteiger partial charge in [0.15, 0.2) is 0 Å². The van der Waals surface area contributed by atoms with Gasteiger partial charge in [0.1, 0.15) is 0 Å². The third-order valence-electron chi connectivity index (χ3n) is 6.67. The molecule has 0 radical (unpaired) electrons. The molecule has 1 aliphatic heterocycles. The molecule has 0 saturated heterocycles. The number of aryl methyl sites for hydroxylation is 2. The Labute approximate surface area is 181 Å². The quantitative estimate of drug-likeness (QED) is 0.675. The molecule has 1 N–H and O–H groups in total. The van der Waals surface area contributed by atoms with Gasteiger partial charge in [0.05, 0.1) is 18.8 Å². The highest BCUT2D eigenvalue weighted by Gasteiger charge is 2.35. The van der Waals surface area contributed by atoms with Gasteiger partial charge in [-0.3, -0.25) is 4.79 Å². The summed E-state index contributed by atoms with van der Waals surface area (Å²) in [7, 11) is -0.581. The summed E-state index contributed by atoms with van der Waals surface area (Å²) in [6, 6.07) is 3.12. The molecule has 3 rings (SSSR count). The summed E-state index contributed by atoms with van der Waals surface area (Å²) >= 11 is 0. The molecule has 1 aromatic heterocycles. The zero-order valence-electron chi connectivity index (χ0n) is 18.8. The third-order valence-corrected chi connectivity index (χ3v) is 8.24. The van der Waals surface area contributed by atoms with Gasteiger partial charge in [-0.25, -0.2) is 0 Å². The summed E-state index contributed by atoms with van der Waals surface area (Å²) in [5, 5.41) is 0. The van der Waals surface area contributed by atoms with Crippen molar-refractivity contribution in [1.29, 1.82) is 0 Å². The Kier molecular flexibility index (Phi) is 7.76. The number of aromatic nitrogens is 1. The minimum absolute atomic E-state index is 0.0542. The van der Waals surface area contributed by atoms with Gasteiger partial charge in [0, 0.05) is 31.4 Å². The van der Waals surface area contributed by atoms with E-state index in [-0.39, 0.29) is 23.7 Å². The van der Waals surface area contributed by atoms with Crippen molar-refractivity contribution in [3.8, 4) is 0 Å². The largest absolute Gasteiger partial charge is 0.376 e. The summed E-state index contributed by atoms with van der Waals surface area (Å²) < 4.78 is 37.0. The fraction of sp³-hybridized carbons (Fsp3) is 0.773. The summed E-state index contributed by atoms with van der Waals surface area (Å²) in [5.41, 5.74) is 1.56. The van der Waals surface area contributed by atoms with Crippen molar-refractivity contribution in [2.24, 2.45) is 5.92 Å². The average molecular weight is 440 g/mol. The van der Waals surface area contributed by atoms with E-state index in [0.29, 0.717) is 25.0 Å². The van der Waals surface area contributed by atoms with Crippen LogP contribution >= 0.6 is 0 Å². The molecule has 8 heteroatoms. The van der Waals surface area contributed by atoms with E-state index in [1.807, 2.05) is 12.1 Å². The highest BCUT2D eigenvalue weighted by atomic mass is 32.2. The minimum atomic E-state index is -3.60. The topological polar surface area (TPSA) is 80.6 Å². The first-order valence-electron chi connectivity index (χ1n) is 11.2. The highest BCUT2D eigenvalue weighted by molar-refractivity contribution is 7.87. The lowest BCUT2D eigenvalue weighted by Crippen LogP contribution is -2.52. The van der Waals surface area contributed by atoms with E-state index in [4.69, 9.17) is 4.74 Å². The standard InChI is InChI=1S/C22H37N3O4S/c1-5-6-17-8-12-19(13-9-17)29-15-21-20(23-30(27,28)24(3)4)14-11-18-10-7-16(2)22(26)25(18)21/h7,10,17,19-21,23H,5-6,8-9,11-15H2,1-4H3. The molecule has 7 nitrogen and oxygen atoms in total. The Hall–Kier alpha value is -1.22. The number of ether oxygens (including phenoxy) is 1. The highest BCUT2D eigenvalue weighted by Crippen LogP contribution is 2.31. The van der Waals surface area contributed by atoms with E-state index < -0.39 is 10.2 Å². The van der Waals surface area contributed by atoms with Crippen LogP contribution < -0.4 is 10.3 Å². The molecule has 1 fully saturated rings. The van der Waals surface area contributed by atoms with Crippen molar-refractivity contribution in [2.45, 2.75) is 83.4 Å². The maximum Gasteiger partial charge on any atom is 0.279 e. The van der Waals surface area contributed by atoms with Gasteiger partial charge < -0.3 is 9.30 Å². The van der Waals surface area contributed by atoms with E-state index in [2.05, 4.69) is 11.6 Å². The lowest BCUT2D eigenvalue weighted by molar-refractivity contribution is -0.00742. The van der Waals surface area contributed by atoms with Gasteiger partial charge in [-0.15, -0.1) is 0 Å². The first-order valence-corrected chi connectivity index (χ1v) is 12.7. The zero-order valence-corrected chi connectivity index (χ0v) is 19.6. The second-order valence-corrected chi connectivity index (χ2v) is 11.0. The van der Waals surface area contributed by atoms with Crippen LogP contribution in [0.25, 0.3) is 0 Å². The van der Waals surface area contributed by atoms with Crippen LogP contribution in [0.15, 0.2) is 16.9 Å². The average Bonchev–Trinajstić information content (AvgIpc) is 2.71. The molecule has 0 bridgehead atoms. The zero-order chi connectivity index (χ0) is 21.9. The second kappa shape index (κ2) is 9.94. The van der Waals surface area contributed by atoms with Crippen molar-refractivity contribution in [2.75, 3.05) is 20.7 Å². The van der Waals surface area contributed by atoms with Gasteiger partial charge in [0.25, 0.3) is 15.8 Å². The van der Waals surface area contributed by atoms with Crippen molar-refractivity contribution in [3.05, 3.63) is 33.7 Å². The molecule has 2 heterocycles. The molecular formula is C22H37N3O4S. The Bertz CT molecular complexity index is 873. The van der Waals surface area contributed by atoms with E-state index in [1.165, 1.54) is 44.1 Å². The van der Waals surface area contributed by atoms with Crippen LogP contribution in [-0.2, 0) is 21.4 Å². The predicted octanol–water partition coefficient (Wildman–Crippen LogP) is 2.78. The van der Waals surface area contributed by atoms with E-state index in [9.17, 15) is 13.2 Å². The lowest BCUT2D eigenvalue weighted by Gasteiger charge is -2.37. The SMILES string of the molecule is CCCC1CCC(OCC2C(NS(=O)(=O)N(C)C)CCc3ccc(C)c(=O)n32)CC1. The van der Waals surface area contributed by atoms with Crippen molar-refractivity contribution < 1.29 is 13.2 Å². The molecule has 1 aliphatic carbocycles. The van der Waals surface area contributed by atoms with Gasteiger partial charge >= 0.3 is 0 Å². The molecule has 0 aromatic carbocycles. The third kappa shape index (κ3) is 5.33. The van der Waals surface area contributed by atoms with Crippen molar-refractivity contribution in [1.82, 2.24) is 13.6 Å². The number of hydrogen-bond donors (Lipinski definition) is 1. The van der Waals surface area contributed by atoms with Gasteiger partial charge in [0.2, 0.25) is 0 Å². The number of rotatable bonds is 8. The van der Waals surface area contributed by atoms with Crippen LogP contribution in [0.3, 0.4) is 0 Å². The van der Waals surface area contributed by atoms with Crippen molar-refractivity contribution >= 4 is 10.2 Å². The number of fused-ring (bicyclic) bond motifs is 1. The molecule has 170 valence electrons. The molecule has 2 aliphatic rings. The van der Waals surface area contributed by atoms with Crippen LogP contribution in [0.2, 0.25) is 0 Å². The summed E-state index contributed by atoms with van der Waals surface area (Å²) in [5.74, 6) is 0.801. The van der Waals surface area contributed by atoms with Crippen LogP contribution in [0.5, 0.6) is 0 Å². The Morgan fingerprint density at radius 2 is 1.87 bits per heavy atom. The number of hydrogen-bond acceptors (Lipinski definition) is 4. The Morgan fingerprint density at radius 3 is 2.50 bits per heavy atom. The monoisotopic (exact) mass is 439 g/mol. The number of nitrogens with zero attached hydrogens (tertiary/aromatic N) is 2. The summed E-state index contributed by atoms with van der Waals surface area (Å²) in [6.45, 7) is 4.38. The van der Waals surface area contributed by atoms with E-state index in [1.54, 1.807) is 11.5 Å². The molecule has 1 aromatic rings. The fourth-order valence-corrected chi connectivity index (χ4v) is 5.66. The molecular weight excluding hydrogens is 402 g/mol. The molecule has 0 amide bonds. The summed E-state index contributed by atoms with van der Waals surface area (Å²) in [4.78, 5) is 13.0. The Morgan fingerprint density at radius 1 is 1.17 bits per heavy atom.